The fraction of sp³-hybridized carbons (Fsp3) is 0.280. The van der Waals surface area contributed by atoms with Gasteiger partial charge in [0.15, 0.2) is 0 Å². The van der Waals surface area contributed by atoms with Crippen molar-refractivity contribution in [3.05, 3.63) is 94.0 Å². The fourth-order valence-corrected chi connectivity index (χ4v) is 3.81. The highest BCUT2D eigenvalue weighted by molar-refractivity contribution is 6.32. The van der Waals surface area contributed by atoms with Crippen LogP contribution in [0.2, 0.25) is 5.02 Å². The summed E-state index contributed by atoms with van der Waals surface area (Å²) in [7, 11) is 2.97. The van der Waals surface area contributed by atoms with Gasteiger partial charge in [0.05, 0.1) is 12.1 Å². The number of hydrogen-bond donors (Lipinski definition) is 2. The number of hydrogen-bond acceptors (Lipinski definition) is 4. The molecule has 3 aromatic rings. The molecule has 0 aliphatic carbocycles. The van der Waals surface area contributed by atoms with Crippen molar-refractivity contribution in [1.29, 1.82) is 0 Å². The molecule has 1 amide bonds. The van der Waals surface area contributed by atoms with Crippen LogP contribution >= 0.6 is 11.6 Å². The van der Waals surface area contributed by atoms with Crippen LogP contribution in [-0.4, -0.2) is 25.0 Å². The molecule has 10 heteroatoms. The number of alkyl halides is 3. The van der Waals surface area contributed by atoms with Gasteiger partial charge in [0, 0.05) is 19.3 Å². The van der Waals surface area contributed by atoms with Gasteiger partial charge in [0.2, 0.25) is 5.91 Å². The smallest absolute Gasteiger partial charge is 0.433 e. The highest BCUT2D eigenvalue weighted by Crippen LogP contribution is 2.32. The minimum Gasteiger partial charge on any atom is -0.495 e. The molecule has 1 heterocycles. The van der Waals surface area contributed by atoms with Crippen LogP contribution in [0.1, 0.15) is 40.9 Å². The zero-order valence-electron chi connectivity index (χ0n) is 19.0. The molecule has 0 fully saturated rings. The Morgan fingerprint density at radius 1 is 1.09 bits per heavy atom. The van der Waals surface area contributed by atoms with Gasteiger partial charge in [-0.2, -0.15) is 13.2 Å². The molecule has 35 heavy (non-hydrogen) atoms. The number of nitrogens with one attached hydrogen (secondary N) is 2. The number of aryl methyl sites for hydroxylation is 1. The van der Waals surface area contributed by atoms with E-state index in [2.05, 4.69) is 15.6 Å². The Hall–Kier alpha value is -3.17. The highest BCUT2D eigenvalue weighted by Gasteiger charge is 2.32. The lowest BCUT2D eigenvalue weighted by Gasteiger charge is -2.26. The first-order valence-corrected chi connectivity index (χ1v) is 11.1. The van der Waals surface area contributed by atoms with Crippen LogP contribution in [0.25, 0.3) is 0 Å². The number of benzene rings is 2. The maximum Gasteiger partial charge on any atom is 0.433 e. The van der Waals surface area contributed by atoms with E-state index in [1.54, 1.807) is 18.2 Å². The molecule has 0 aliphatic heterocycles. The monoisotopic (exact) mass is 509 g/mol. The van der Waals surface area contributed by atoms with Crippen molar-refractivity contribution in [2.75, 3.05) is 14.2 Å². The quantitative estimate of drug-likeness (QED) is 0.366. The van der Waals surface area contributed by atoms with Gasteiger partial charge in [-0.25, -0.2) is 4.39 Å². The summed E-state index contributed by atoms with van der Waals surface area (Å²) in [6.07, 6.45) is -2.54. The van der Waals surface area contributed by atoms with Gasteiger partial charge in [-0.05, 0) is 59.9 Å². The zero-order valence-corrected chi connectivity index (χ0v) is 19.8. The number of methoxy groups -OCH3 is 1. The Labute approximate surface area is 205 Å². The minimum atomic E-state index is -4.52. The largest absolute Gasteiger partial charge is 0.495 e. The number of aromatic nitrogens is 1. The molecule has 1 aromatic heterocycles. The maximum atomic E-state index is 13.5. The summed E-state index contributed by atoms with van der Waals surface area (Å²) >= 11 is 6.17. The predicted molar refractivity (Wildman–Crippen MR) is 125 cm³/mol. The molecule has 3 rings (SSSR count). The molecular formula is C25H24ClF4N3O2. The molecule has 0 aliphatic rings. The van der Waals surface area contributed by atoms with Crippen molar-refractivity contribution in [3.8, 4) is 5.75 Å². The third-order valence-electron chi connectivity index (χ3n) is 5.49. The summed E-state index contributed by atoms with van der Waals surface area (Å²) in [6, 6.07) is 11.8. The lowest BCUT2D eigenvalue weighted by atomic mass is 9.96. The molecule has 2 aromatic carbocycles. The average molecular weight is 510 g/mol. The molecule has 0 unspecified atom stereocenters. The lowest BCUT2D eigenvalue weighted by Crippen LogP contribution is -2.38. The Morgan fingerprint density at radius 2 is 1.77 bits per heavy atom. The first-order chi connectivity index (χ1) is 16.6. The fourth-order valence-electron chi connectivity index (χ4n) is 3.61. The van der Waals surface area contributed by atoms with Crippen molar-refractivity contribution < 1.29 is 27.1 Å². The molecule has 2 atom stereocenters. The van der Waals surface area contributed by atoms with Crippen molar-refractivity contribution in [2.24, 2.45) is 0 Å². The van der Waals surface area contributed by atoms with E-state index in [1.807, 2.05) is 0 Å². The van der Waals surface area contributed by atoms with E-state index in [4.69, 9.17) is 16.3 Å². The third-order valence-corrected chi connectivity index (χ3v) is 5.81. The van der Waals surface area contributed by atoms with Gasteiger partial charge in [0.1, 0.15) is 23.3 Å². The summed E-state index contributed by atoms with van der Waals surface area (Å²) < 4.78 is 57.3. The number of likely N-dealkylation sites (N-methyl/N-ethyl adjacent to an activating group) is 1. The molecule has 5 nitrogen and oxygen atoms in total. The second-order valence-electron chi connectivity index (χ2n) is 7.80. The number of rotatable bonds is 9. The number of nitrogens with zero attached hydrogens (tertiary/aromatic N) is 1. The van der Waals surface area contributed by atoms with E-state index in [9.17, 15) is 22.4 Å². The number of carbonyl (C=O) groups is 1. The Morgan fingerprint density at radius 3 is 2.34 bits per heavy atom. The van der Waals surface area contributed by atoms with E-state index in [1.165, 1.54) is 50.7 Å². The van der Waals surface area contributed by atoms with Gasteiger partial charge >= 0.3 is 6.18 Å². The number of pyridine rings is 1. The SMILES string of the molecule is CNC(=O)[C@@H](N[C@@H](CCc1ccc(C(F)(F)F)nc1)c1ccc(Cl)c(OC)c1)c1ccc(F)cc1. The second kappa shape index (κ2) is 11.5. The Bertz CT molecular complexity index is 1140. The van der Waals surface area contributed by atoms with Crippen LogP contribution in [0.3, 0.4) is 0 Å². The molecule has 0 radical (unpaired) electrons. The van der Waals surface area contributed by atoms with Gasteiger partial charge < -0.3 is 10.1 Å². The number of ether oxygens (including phenoxy) is 1. The van der Waals surface area contributed by atoms with Crippen LogP contribution in [0.5, 0.6) is 5.75 Å². The number of amides is 1. The van der Waals surface area contributed by atoms with Gasteiger partial charge in [-0.1, -0.05) is 35.9 Å². The van der Waals surface area contributed by atoms with Crippen molar-refractivity contribution in [1.82, 2.24) is 15.6 Å². The van der Waals surface area contributed by atoms with Gasteiger partial charge in [0.25, 0.3) is 0 Å². The van der Waals surface area contributed by atoms with E-state index in [0.717, 1.165) is 11.6 Å². The molecule has 2 N–H and O–H groups in total. The Kier molecular flexibility index (Phi) is 8.69. The van der Waals surface area contributed by atoms with Crippen molar-refractivity contribution >= 4 is 17.5 Å². The minimum absolute atomic E-state index is 0.335. The standard InChI is InChI=1S/C25H24ClF4N3O2/c1-31-24(34)23(16-5-8-18(27)9-6-16)33-20(17-7-10-19(26)21(13-17)35-2)11-3-15-4-12-22(32-14-15)25(28,29)30/h4-10,12-14,20,23,33H,3,11H2,1-2H3,(H,31,34)/t20-,23-/m0/s1. The lowest BCUT2D eigenvalue weighted by molar-refractivity contribution is -0.141. The van der Waals surface area contributed by atoms with Gasteiger partial charge in [-0.15, -0.1) is 0 Å². The van der Waals surface area contributed by atoms with E-state index < -0.39 is 29.8 Å². The van der Waals surface area contributed by atoms with Gasteiger partial charge in [-0.3, -0.25) is 15.1 Å². The Balaban J connectivity index is 1.91. The maximum absolute atomic E-state index is 13.5. The molecule has 0 saturated carbocycles. The average Bonchev–Trinajstić information content (AvgIpc) is 2.84. The van der Waals surface area contributed by atoms with Crippen LogP contribution in [0.15, 0.2) is 60.8 Å². The topological polar surface area (TPSA) is 63.2 Å². The molecular weight excluding hydrogens is 486 g/mol. The van der Waals surface area contributed by atoms with Crippen LogP contribution in [0, 0.1) is 5.82 Å². The molecule has 0 spiro atoms. The van der Waals surface area contributed by atoms with Crippen LogP contribution in [0.4, 0.5) is 17.6 Å². The van der Waals surface area contributed by atoms with E-state index in [0.29, 0.717) is 34.7 Å². The van der Waals surface area contributed by atoms with Crippen molar-refractivity contribution in [2.45, 2.75) is 31.1 Å². The second-order valence-corrected chi connectivity index (χ2v) is 8.21. The van der Waals surface area contributed by atoms with E-state index in [-0.39, 0.29) is 5.91 Å². The van der Waals surface area contributed by atoms with Crippen LogP contribution < -0.4 is 15.4 Å². The summed E-state index contributed by atoms with van der Waals surface area (Å²) in [4.78, 5) is 16.2. The summed E-state index contributed by atoms with van der Waals surface area (Å²) in [5.74, 6) is -0.331. The number of halogens is 5. The van der Waals surface area contributed by atoms with Crippen molar-refractivity contribution in [3.63, 3.8) is 0 Å². The highest BCUT2D eigenvalue weighted by atomic mass is 35.5. The molecule has 186 valence electrons. The zero-order chi connectivity index (χ0) is 25.6. The molecule has 0 bridgehead atoms. The first kappa shape index (κ1) is 26.4. The normalized spacial score (nSPS) is 13.2. The summed E-state index contributed by atoms with van der Waals surface area (Å²) in [5.41, 5.74) is 0.938. The summed E-state index contributed by atoms with van der Waals surface area (Å²) in [6.45, 7) is 0. The summed E-state index contributed by atoms with van der Waals surface area (Å²) in [5, 5.41) is 6.31. The van der Waals surface area contributed by atoms with Crippen LogP contribution in [-0.2, 0) is 17.4 Å². The number of carbonyl (C=O) groups excluding carboxylic acids is 1. The molecule has 0 saturated heterocycles. The predicted octanol–water partition coefficient (Wildman–Crippen LogP) is 5.65. The van der Waals surface area contributed by atoms with E-state index >= 15 is 0 Å². The third kappa shape index (κ3) is 6.93. The first-order valence-electron chi connectivity index (χ1n) is 10.7.